The summed E-state index contributed by atoms with van der Waals surface area (Å²) in [5, 5.41) is 40.0. The topological polar surface area (TPSA) is 90.2 Å². The van der Waals surface area contributed by atoms with Crippen LogP contribution in [0.25, 0.3) is 0 Å². The van der Waals surface area contributed by atoms with Crippen molar-refractivity contribution in [1.82, 2.24) is 0 Å². The van der Waals surface area contributed by atoms with Gasteiger partial charge in [-0.2, -0.15) is 0 Å². The van der Waals surface area contributed by atoms with Gasteiger partial charge in [0.2, 0.25) is 0 Å². The summed E-state index contributed by atoms with van der Waals surface area (Å²) < 4.78 is 5.75. The fourth-order valence-corrected chi connectivity index (χ4v) is 4.94. The van der Waals surface area contributed by atoms with Crippen molar-refractivity contribution >= 4 is 11.3 Å². The zero-order chi connectivity index (χ0) is 19.7. The Balaban J connectivity index is 1.87. The standard InChI is InChI=1S/C21H28O5S/c1-4-13-5-7-14(8-6-13)9-16-11(2)12(3)21(27-16)20-19(25)18(24)17(23)15(10-22)26-20/h5-8,15,17-20,22-25H,4,9-10H2,1-3H3/t15-,17-,18+,19-,20-/m1/s1. The first-order chi connectivity index (χ1) is 12.9. The van der Waals surface area contributed by atoms with E-state index in [4.69, 9.17) is 4.74 Å². The third kappa shape index (κ3) is 3.97. The van der Waals surface area contributed by atoms with E-state index >= 15 is 0 Å². The summed E-state index contributed by atoms with van der Waals surface area (Å²) in [7, 11) is 0. The third-order valence-corrected chi connectivity index (χ3v) is 6.99. The van der Waals surface area contributed by atoms with Crippen molar-refractivity contribution in [1.29, 1.82) is 0 Å². The van der Waals surface area contributed by atoms with E-state index in [1.807, 2.05) is 6.92 Å². The van der Waals surface area contributed by atoms with E-state index in [9.17, 15) is 20.4 Å². The molecule has 0 radical (unpaired) electrons. The van der Waals surface area contributed by atoms with Crippen molar-refractivity contribution in [2.75, 3.05) is 6.61 Å². The van der Waals surface area contributed by atoms with Crippen molar-refractivity contribution in [2.24, 2.45) is 0 Å². The molecule has 3 rings (SSSR count). The molecule has 148 valence electrons. The van der Waals surface area contributed by atoms with Crippen LogP contribution in [-0.4, -0.2) is 51.4 Å². The molecule has 1 aliphatic heterocycles. The summed E-state index contributed by atoms with van der Waals surface area (Å²) >= 11 is 1.56. The van der Waals surface area contributed by atoms with Crippen LogP contribution in [0.2, 0.25) is 0 Å². The summed E-state index contributed by atoms with van der Waals surface area (Å²) in [5.41, 5.74) is 4.69. The van der Waals surface area contributed by atoms with E-state index < -0.39 is 37.1 Å². The van der Waals surface area contributed by atoms with Crippen LogP contribution in [0.3, 0.4) is 0 Å². The first-order valence-corrected chi connectivity index (χ1v) is 10.2. The van der Waals surface area contributed by atoms with E-state index in [0.29, 0.717) is 0 Å². The molecule has 2 aromatic rings. The van der Waals surface area contributed by atoms with E-state index in [0.717, 1.165) is 28.8 Å². The summed E-state index contributed by atoms with van der Waals surface area (Å²) in [6.07, 6.45) is -3.78. The number of aliphatic hydroxyl groups excluding tert-OH is 4. The zero-order valence-corrected chi connectivity index (χ0v) is 16.7. The van der Waals surface area contributed by atoms with Crippen LogP contribution in [-0.2, 0) is 17.6 Å². The smallest absolute Gasteiger partial charge is 0.121 e. The normalized spacial score (nSPS) is 28.5. The number of aliphatic hydroxyl groups is 4. The maximum atomic E-state index is 10.4. The van der Waals surface area contributed by atoms with Gasteiger partial charge in [0.15, 0.2) is 0 Å². The highest BCUT2D eigenvalue weighted by molar-refractivity contribution is 7.12. The number of rotatable bonds is 5. The Morgan fingerprint density at radius 1 is 0.926 bits per heavy atom. The van der Waals surface area contributed by atoms with Crippen molar-refractivity contribution in [3.8, 4) is 0 Å². The number of ether oxygens (including phenoxy) is 1. The predicted octanol–water partition coefficient (Wildman–Crippen LogP) is 2.03. The lowest BCUT2D eigenvalue weighted by molar-refractivity contribution is -0.231. The van der Waals surface area contributed by atoms with E-state index in [-0.39, 0.29) is 0 Å². The Bertz CT molecular complexity index is 768. The van der Waals surface area contributed by atoms with Crippen LogP contribution in [0.15, 0.2) is 24.3 Å². The third-order valence-electron chi connectivity index (χ3n) is 5.53. The highest BCUT2D eigenvalue weighted by Crippen LogP contribution is 2.40. The fraction of sp³-hybridized carbons (Fsp3) is 0.524. The highest BCUT2D eigenvalue weighted by atomic mass is 32.1. The molecule has 0 amide bonds. The Labute approximate surface area is 163 Å². The minimum absolute atomic E-state index is 0.415. The highest BCUT2D eigenvalue weighted by Gasteiger charge is 2.45. The van der Waals surface area contributed by atoms with Crippen molar-refractivity contribution in [3.63, 3.8) is 0 Å². The zero-order valence-electron chi connectivity index (χ0n) is 15.9. The minimum atomic E-state index is -1.35. The average molecular weight is 393 g/mol. The average Bonchev–Trinajstić information content (AvgIpc) is 2.95. The van der Waals surface area contributed by atoms with E-state index in [2.05, 4.69) is 38.1 Å². The van der Waals surface area contributed by atoms with Gasteiger partial charge in [-0.25, -0.2) is 0 Å². The molecule has 0 bridgehead atoms. The van der Waals surface area contributed by atoms with Crippen molar-refractivity contribution in [2.45, 2.75) is 64.1 Å². The first kappa shape index (κ1) is 20.5. The molecule has 0 unspecified atom stereocenters. The molecule has 1 aliphatic rings. The van der Waals surface area contributed by atoms with Gasteiger partial charge in [-0.3, -0.25) is 0 Å². The number of benzene rings is 1. The van der Waals surface area contributed by atoms with Gasteiger partial charge in [0.05, 0.1) is 6.61 Å². The Morgan fingerprint density at radius 2 is 1.56 bits per heavy atom. The molecule has 0 saturated carbocycles. The quantitative estimate of drug-likeness (QED) is 0.625. The van der Waals surface area contributed by atoms with Gasteiger partial charge in [-0.05, 0) is 42.5 Å². The van der Waals surface area contributed by atoms with Crippen LogP contribution >= 0.6 is 11.3 Å². The van der Waals surface area contributed by atoms with Crippen LogP contribution in [0.1, 0.15) is 45.0 Å². The molecular weight excluding hydrogens is 364 g/mol. The van der Waals surface area contributed by atoms with Gasteiger partial charge in [-0.15, -0.1) is 11.3 Å². The molecule has 0 aliphatic carbocycles. The lowest BCUT2D eigenvalue weighted by Crippen LogP contribution is -2.55. The largest absolute Gasteiger partial charge is 0.394 e. The fourth-order valence-electron chi connectivity index (χ4n) is 3.52. The molecule has 1 fully saturated rings. The molecule has 2 heterocycles. The number of hydrogen-bond donors (Lipinski definition) is 4. The Hall–Kier alpha value is -1.28. The lowest BCUT2D eigenvalue weighted by atomic mass is 9.92. The maximum absolute atomic E-state index is 10.4. The van der Waals surface area contributed by atoms with Gasteiger partial charge in [0.25, 0.3) is 0 Å². The molecule has 4 N–H and O–H groups in total. The molecule has 1 saturated heterocycles. The van der Waals surface area contributed by atoms with E-state index in [1.165, 1.54) is 16.0 Å². The van der Waals surface area contributed by atoms with Gasteiger partial charge < -0.3 is 25.2 Å². The monoisotopic (exact) mass is 392 g/mol. The summed E-state index contributed by atoms with van der Waals surface area (Å²) in [4.78, 5) is 2.02. The van der Waals surface area contributed by atoms with Gasteiger partial charge in [-0.1, -0.05) is 31.2 Å². The lowest BCUT2D eigenvalue weighted by Gasteiger charge is -2.40. The Morgan fingerprint density at radius 3 is 2.15 bits per heavy atom. The van der Waals surface area contributed by atoms with E-state index in [1.54, 1.807) is 11.3 Å². The van der Waals surface area contributed by atoms with Crippen molar-refractivity contribution < 1.29 is 25.2 Å². The van der Waals surface area contributed by atoms with Gasteiger partial charge >= 0.3 is 0 Å². The van der Waals surface area contributed by atoms with Crippen LogP contribution in [0.4, 0.5) is 0 Å². The molecule has 6 heteroatoms. The molecule has 5 nitrogen and oxygen atoms in total. The van der Waals surface area contributed by atoms with Gasteiger partial charge in [0.1, 0.15) is 30.5 Å². The molecule has 1 aromatic heterocycles. The number of aryl methyl sites for hydroxylation is 1. The van der Waals surface area contributed by atoms with Gasteiger partial charge in [0, 0.05) is 16.2 Å². The molecule has 0 spiro atoms. The second kappa shape index (κ2) is 8.39. The molecule has 1 aromatic carbocycles. The van der Waals surface area contributed by atoms with Crippen LogP contribution < -0.4 is 0 Å². The maximum Gasteiger partial charge on any atom is 0.121 e. The summed E-state index contributed by atoms with van der Waals surface area (Å²) in [6, 6.07) is 8.56. The second-order valence-electron chi connectivity index (χ2n) is 7.24. The molecular formula is C21H28O5S. The number of thiophene rings is 1. The van der Waals surface area contributed by atoms with Crippen molar-refractivity contribution in [3.05, 3.63) is 56.3 Å². The summed E-state index contributed by atoms with van der Waals surface area (Å²) in [5.74, 6) is 0. The minimum Gasteiger partial charge on any atom is -0.394 e. The molecule has 5 atom stereocenters. The van der Waals surface area contributed by atoms with Crippen LogP contribution in [0.5, 0.6) is 0 Å². The SMILES string of the molecule is CCc1ccc(Cc2sc([C@@H]3O[C@H](CO)[C@@H](O)[C@H](O)[C@H]3O)c(C)c2C)cc1. The number of hydrogen-bond acceptors (Lipinski definition) is 6. The molecule has 27 heavy (non-hydrogen) atoms. The summed E-state index contributed by atoms with van der Waals surface area (Å²) in [6.45, 7) is 5.75. The second-order valence-corrected chi connectivity index (χ2v) is 8.37. The Kier molecular flexibility index (Phi) is 6.35. The first-order valence-electron chi connectivity index (χ1n) is 9.34. The predicted molar refractivity (Wildman–Crippen MR) is 105 cm³/mol. The van der Waals surface area contributed by atoms with Crippen LogP contribution in [0, 0.1) is 13.8 Å².